The van der Waals surface area contributed by atoms with E-state index in [9.17, 15) is 4.79 Å². The topological polar surface area (TPSA) is 64.3 Å². The molecule has 1 aliphatic heterocycles. The number of hydrogen-bond donors (Lipinski definition) is 2. The lowest BCUT2D eigenvalue weighted by atomic mass is 10.1. The smallest absolute Gasteiger partial charge is 0.265 e. The first kappa shape index (κ1) is 11.2. The summed E-state index contributed by atoms with van der Waals surface area (Å²) in [5.74, 6) is 0.853. The number of amides is 1. The normalized spacial score (nSPS) is 20.7. The van der Waals surface area contributed by atoms with E-state index in [1.807, 2.05) is 6.07 Å². The van der Waals surface area contributed by atoms with Gasteiger partial charge in [-0.2, -0.15) is 0 Å². The van der Waals surface area contributed by atoms with Gasteiger partial charge >= 0.3 is 0 Å². The largest absolute Gasteiger partial charge is 0.479 e. The Labute approximate surface area is 98.7 Å². The number of carbonyl (C=O) groups is 1. The molecule has 0 saturated carbocycles. The number of halogens is 1. The Kier molecular flexibility index (Phi) is 3.03. The van der Waals surface area contributed by atoms with Crippen molar-refractivity contribution in [1.29, 1.82) is 0 Å². The third-order valence-corrected chi connectivity index (χ3v) is 2.86. The standard InChI is InChI=1S/C11H13ClN2O2/c1-6-11(15)14-9-4-7(8(13)5-12)2-3-10(9)16-6/h2-4,6,8H,5,13H2,1H3,(H,14,15). The molecule has 1 aromatic rings. The molecule has 2 atom stereocenters. The predicted octanol–water partition coefficient (Wildman–Crippen LogP) is 1.64. The van der Waals surface area contributed by atoms with E-state index in [0.717, 1.165) is 5.56 Å². The Morgan fingerprint density at radius 1 is 1.62 bits per heavy atom. The first-order valence-corrected chi connectivity index (χ1v) is 5.58. The van der Waals surface area contributed by atoms with Crippen LogP contribution in [0.1, 0.15) is 18.5 Å². The van der Waals surface area contributed by atoms with Crippen LogP contribution in [0.5, 0.6) is 5.75 Å². The Morgan fingerprint density at radius 2 is 2.38 bits per heavy atom. The van der Waals surface area contributed by atoms with Crippen LogP contribution in [0, 0.1) is 0 Å². The third-order valence-electron chi connectivity index (χ3n) is 2.53. The second-order valence-corrected chi connectivity index (χ2v) is 4.07. The van der Waals surface area contributed by atoms with Crippen LogP contribution in [0.25, 0.3) is 0 Å². The summed E-state index contributed by atoms with van der Waals surface area (Å²) < 4.78 is 5.43. The lowest BCUT2D eigenvalue weighted by molar-refractivity contribution is -0.122. The molecule has 86 valence electrons. The van der Waals surface area contributed by atoms with Crippen LogP contribution in [0.2, 0.25) is 0 Å². The maximum Gasteiger partial charge on any atom is 0.265 e. The van der Waals surface area contributed by atoms with E-state index >= 15 is 0 Å². The molecule has 1 amide bonds. The highest BCUT2D eigenvalue weighted by Crippen LogP contribution is 2.31. The Bertz CT molecular complexity index is 422. The molecule has 0 saturated heterocycles. The van der Waals surface area contributed by atoms with Gasteiger partial charge in [-0.05, 0) is 24.6 Å². The summed E-state index contributed by atoms with van der Waals surface area (Å²) in [4.78, 5) is 11.4. The SMILES string of the molecule is CC1Oc2ccc(C(N)CCl)cc2NC1=O. The molecule has 1 aliphatic rings. The van der Waals surface area contributed by atoms with E-state index in [1.54, 1.807) is 19.1 Å². The molecule has 16 heavy (non-hydrogen) atoms. The van der Waals surface area contributed by atoms with E-state index in [-0.39, 0.29) is 11.9 Å². The van der Waals surface area contributed by atoms with Crippen molar-refractivity contribution in [3.63, 3.8) is 0 Å². The fourth-order valence-electron chi connectivity index (χ4n) is 1.55. The van der Waals surface area contributed by atoms with Crippen molar-refractivity contribution in [2.24, 2.45) is 5.73 Å². The molecule has 2 rings (SSSR count). The molecule has 3 N–H and O–H groups in total. The maximum absolute atomic E-state index is 11.4. The van der Waals surface area contributed by atoms with Crippen LogP contribution in [-0.4, -0.2) is 17.9 Å². The molecule has 1 heterocycles. The van der Waals surface area contributed by atoms with Gasteiger partial charge in [0.15, 0.2) is 6.10 Å². The lowest BCUT2D eigenvalue weighted by Crippen LogP contribution is -2.34. The maximum atomic E-state index is 11.4. The van der Waals surface area contributed by atoms with Gasteiger partial charge in [0.05, 0.1) is 5.69 Å². The molecule has 2 unspecified atom stereocenters. The zero-order chi connectivity index (χ0) is 11.7. The van der Waals surface area contributed by atoms with Gasteiger partial charge in [0.25, 0.3) is 5.91 Å². The van der Waals surface area contributed by atoms with Crippen LogP contribution in [0.15, 0.2) is 18.2 Å². The van der Waals surface area contributed by atoms with Gasteiger partial charge in [-0.1, -0.05) is 6.07 Å². The Morgan fingerprint density at radius 3 is 3.06 bits per heavy atom. The van der Waals surface area contributed by atoms with Gasteiger partial charge in [-0.25, -0.2) is 0 Å². The molecule has 0 radical (unpaired) electrons. The summed E-state index contributed by atoms with van der Waals surface area (Å²) in [7, 11) is 0. The summed E-state index contributed by atoms with van der Waals surface area (Å²) in [5, 5.41) is 2.77. The summed E-state index contributed by atoms with van der Waals surface area (Å²) in [6.45, 7) is 1.71. The summed E-state index contributed by atoms with van der Waals surface area (Å²) in [6.07, 6.45) is -0.458. The number of fused-ring (bicyclic) bond motifs is 1. The van der Waals surface area contributed by atoms with Crippen molar-refractivity contribution in [2.45, 2.75) is 19.1 Å². The van der Waals surface area contributed by atoms with Crippen molar-refractivity contribution >= 4 is 23.2 Å². The minimum Gasteiger partial charge on any atom is -0.479 e. The number of alkyl halides is 1. The number of rotatable bonds is 2. The van der Waals surface area contributed by atoms with Gasteiger partial charge < -0.3 is 15.8 Å². The van der Waals surface area contributed by atoms with Crippen LogP contribution >= 0.6 is 11.6 Å². The van der Waals surface area contributed by atoms with Crippen LogP contribution in [0.4, 0.5) is 5.69 Å². The average Bonchev–Trinajstić information content (AvgIpc) is 2.29. The highest BCUT2D eigenvalue weighted by atomic mass is 35.5. The van der Waals surface area contributed by atoms with Gasteiger partial charge in [0, 0.05) is 11.9 Å². The van der Waals surface area contributed by atoms with Crippen LogP contribution in [-0.2, 0) is 4.79 Å². The highest BCUT2D eigenvalue weighted by Gasteiger charge is 2.23. The second kappa shape index (κ2) is 4.31. The number of hydrogen-bond acceptors (Lipinski definition) is 3. The molecule has 0 spiro atoms. The quantitative estimate of drug-likeness (QED) is 0.773. The van der Waals surface area contributed by atoms with Crippen molar-refractivity contribution < 1.29 is 9.53 Å². The molecule has 0 aliphatic carbocycles. The van der Waals surface area contributed by atoms with E-state index in [4.69, 9.17) is 22.1 Å². The summed E-state index contributed by atoms with van der Waals surface area (Å²) in [6, 6.07) is 5.22. The molecule has 1 aromatic carbocycles. The first-order chi connectivity index (χ1) is 7.61. The number of anilines is 1. The summed E-state index contributed by atoms with van der Waals surface area (Å²) >= 11 is 5.68. The number of nitrogens with one attached hydrogen (secondary N) is 1. The van der Waals surface area contributed by atoms with Crippen molar-refractivity contribution in [3.05, 3.63) is 23.8 Å². The third kappa shape index (κ3) is 1.99. The predicted molar refractivity (Wildman–Crippen MR) is 62.8 cm³/mol. The van der Waals surface area contributed by atoms with E-state index in [2.05, 4.69) is 5.32 Å². The van der Waals surface area contributed by atoms with E-state index in [0.29, 0.717) is 17.3 Å². The van der Waals surface area contributed by atoms with Crippen molar-refractivity contribution in [1.82, 2.24) is 0 Å². The minimum atomic E-state index is -0.458. The van der Waals surface area contributed by atoms with Gasteiger partial charge in [0.2, 0.25) is 0 Å². The van der Waals surface area contributed by atoms with E-state index < -0.39 is 6.10 Å². The zero-order valence-corrected chi connectivity index (χ0v) is 9.62. The second-order valence-electron chi connectivity index (χ2n) is 3.77. The molecular weight excluding hydrogens is 228 g/mol. The molecular formula is C11H13ClN2O2. The fraction of sp³-hybridized carbons (Fsp3) is 0.364. The Balaban J connectivity index is 2.32. The number of carbonyl (C=O) groups excluding carboxylic acids is 1. The molecule has 0 bridgehead atoms. The van der Waals surface area contributed by atoms with E-state index in [1.165, 1.54) is 0 Å². The number of nitrogens with two attached hydrogens (primary N) is 1. The van der Waals surface area contributed by atoms with Crippen molar-refractivity contribution in [3.8, 4) is 5.75 Å². The molecule has 0 fully saturated rings. The van der Waals surface area contributed by atoms with Gasteiger partial charge in [0.1, 0.15) is 5.75 Å². The molecule has 4 nitrogen and oxygen atoms in total. The zero-order valence-electron chi connectivity index (χ0n) is 8.87. The summed E-state index contributed by atoms with van der Waals surface area (Å²) in [5.41, 5.74) is 7.34. The first-order valence-electron chi connectivity index (χ1n) is 5.05. The van der Waals surface area contributed by atoms with Crippen molar-refractivity contribution in [2.75, 3.05) is 11.2 Å². The molecule has 5 heteroatoms. The minimum absolute atomic E-state index is 0.149. The average molecular weight is 241 g/mol. The lowest BCUT2D eigenvalue weighted by Gasteiger charge is -2.24. The highest BCUT2D eigenvalue weighted by molar-refractivity contribution is 6.18. The van der Waals surface area contributed by atoms with Crippen LogP contribution < -0.4 is 15.8 Å². The van der Waals surface area contributed by atoms with Gasteiger partial charge in [-0.15, -0.1) is 11.6 Å². The number of benzene rings is 1. The Hall–Kier alpha value is -1.26. The van der Waals surface area contributed by atoms with Crippen LogP contribution in [0.3, 0.4) is 0 Å². The molecule has 0 aromatic heterocycles. The monoisotopic (exact) mass is 240 g/mol. The van der Waals surface area contributed by atoms with Gasteiger partial charge in [-0.3, -0.25) is 4.79 Å². The fourth-order valence-corrected chi connectivity index (χ4v) is 1.72. The number of ether oxygens (including phenoxy) is 1.